The lowest BCUT2D eigenvalue weighted by Crippen LogP contribution is -2.25. The number of halogens is 4. The molecule has 5 nitrogen and oxygen atoms in total. The molecule has 2 aromatic rings. The Morgan fingerprint density at radius 2 is 2.10 bits per heavy atom. The number of aromatic nitrogens is 3. The van der Waals surface area contributed by atoms with Crippen molar-refractivity contribution in [2.24, 2.45) is 0 Å². The second-order valence-electron chi connectivity index (χ2n) is 4.24. The van der Waals surface area contributed by atoms with Gasteiger partial charge in [-0.3, -0.25) is 4.98 Å². The third-order valence-corrected chi connectivity index (χ3v) is 3.34. The highest BCUT2D eigenvalue weighted by atomic mass is 79.9. The second-order valence-corrected chi connectivity index (χ2v) is 5.16. The highest BCUT2D eigenvalue weighted by Gasteiger charge is 2.40. The molecule has 2 N–H and O–H groups in total. The molecule has 0 bridgehead atoms. The van der Waals surface area contributed by atoms with Crippen LogP contribution in [0.15, 0.2) is 22.8 Å². The van der Waals surface area contributed by atoms with Crippen LogP contribution >= 0.6 is 15.9 Å². The van der Waals surface area contributed by atoms with Crippen LogP contribution in [0.4, 0.5) is 19.0 Å². The molecule has 1 atom stereocenters. The number of nitrogens with zero attached hydrogens (tertiary/aromatic N) is 4. The number of hydrogen-bond acceptors (Lipinski definition) is 4. The number of nitriles is 1. The molecular weight excluding hydrogens is 351 g/mol. The van der Waals surface area contributed by atoms with Crippen LogP contribution in [0.5, 0.6) is 0 Å². The number of nitrogens with two attached hydrogens (primary N) is 1. The summed E-state index contributed by atoms with van der Waals surface area (Å²) < 4.78 is 39.7. The van der Waals surface area contributed by atoms with E-state index in [2.05, 4.69) is 26.0 Å². The fraction of sp³-hybridized carbons (Fsp3) is 0.250. The third kappa shape index (κ3) is 2.85. The van der Waals surface area contributed by atoms with Crippen LogP contribution in [0.2, 0.25) is 0 Å². The molecule has 21 heavy (non-hydrogen) atoms. The zero-order valence-corrected chi connectivity index (χ0v) is 12.3. The highest BCUT2D eigenvalue weighted by molar-refractivity contribution is 9.10. The fourth-order valence-corrected chi connectivity index (χ4v) is 1.92. The van der Waals surface area contributed by atoms with Crippen molar-refractivity contribution in [3.05, 3.63) is 28.4 Å². The first-order valence-electron chi connectivity index (χ1n) is 5.72. The van der Waals surface area contributed by atoms with Crippen LogP contribution in [-0.4, -0.2) is 20.9 Å². The summed E-state index contributed by atoms with van der Waals surface area (Å²) in [5.41, 5.74) is 5.80. The first kappa shape index (κ1) is 15.3. The van der Waals surface area contributed by atoms with Gasteiger partial charge in [0, 0.05) is 10.7 Å². The Kier molecular flexibility index (Phi) is 3.91. The maximum Gasteiger partial charge on any atom is 0.410 e. The first-order chi connectivity index (χ1) is 9.75. The molecule has 0 saturated heterocycles. The molecule has 0 fully saturated rings. The molecule has 2 aromatic heterocycles. The van der Waals surface area contributed by atoms with Gasteiger partial charge in [-0.2, -0.15) is 23.5 Å². The van der Waals surface area contributed by atoms with Gasteiger partial charge in [0.1, 0.15) is 29.2 Å². The van der Waals surface area contributed by atoms with Gasteiger partial charge in [-0.25, -0.2) is 4.68 Å². The maximum atomic E-state index is 12.8. The lowest BCUT2D eigenvalue weighted by atomic mass is 10.2. The van der Waals surface area contributed by atoms with Crippen molar-refractivity contribution in [3.8, 4) is 17.5 Å². The van der Waals surface area contributed by atoms with E-state index in [4.69, 9.17) is 11.0 Å². The quantitative estimate of drug-likeness (QED) is 0.891. The van der Waals surface area contributed by atoms with E-state index in [9.17, 15) is 13.2 Å². The summed E-state index contributed by atoms with van der Waals surface area (Å²) >= 11 is 3.20. The smallest absolute Gasteiger partial charge is 0.383 e. The van der Waals surface area contributed by atoms with Crippen molar-refractivity contribution in [2.45, 2.75) is 19.1 Å². The topological polar surface area (TPSA) is 80.5 Å². The SMILES string of the molecule is CC(n1nc(-c2ccc(Br)cn2)c(C#N)c1N)C(F)(F)F. The van der Waals surface area contributed by atoms with Gasteiger partial charge in [0.2, 0.25) is 0 Å². The van der Waals surface area contributed by atoms with Gasteiger partial charge in [-0.05, 0) is 35.0 Å². The van der Waals surface area contributed by atoms with Crippen LogP contribution in [0.1, 0.15) is 18.5 Å². The summed E-state index contributed by atoms with van der Waals surface area (Å²) in [6, 6.07) is 3.02. The molecule has 2 heterocycles. The standard InChI is InChI=1S/C12H9BrF3N5/c1-6(12(14,15)16)21-11(18)8(4-17)10(20-21)9-3-2-7(13)5-19-9/h2-3,5-6H,18H2,1H3. The molecule has 0 radical (unpaired) electrons. The molecule has 0 spiro atoms. The Labute approximate surface area is 126 Å². The molecule has 0 aliphatic carbocycles. The molecule has 0 aromatic carbocycles. The van der Waals surface area contributed by atoms with E-state index in [1.54, 1.807) is 12.1 Å². The normalized spacial score (nSPS) is 13.0. The van der Waals surface area contributed by atoms with Gasteiger partial charge < -0.3 is 5.73 Å². The van der Waals surface area contributed by atoms with E-state index < -0.39 is 12.2 Å². The molecule has 9 heteroatoms. The summed E-state index contributed by atoms with van der Waals surface area (Å²) in [6.45, 7) is 0.920. The van der Waals surface area contributed by atoms with Crippen LogP contribution in [0.25, 0.3) is 11.4 Å². The van der Waals surface area contributed by atoms with E-state index in [1.807, 2.05) is 0 Å². The Hall–Kier alpha value is -2.08. The monoisotopic (exact) mass is 359 g/mol. The molecular formula is C12H9BrF3N5. The van der Waals surface area contributed by atoms with Crippen molar-refractivity contribution < 1.29 is 13.2 Å². The van der Waals surface area contributed by atoms with Crippen molar-refractivity contribution in [1.82, 2.24) is 14.8 Å². The Morgan fingerprint density at radius 3 is 2.57 bits per heavy atom. The molecule has 2 rings (SSSR count). The maximum absolute atomic E-state index is 12.8. The predicted molar refractivity (Wildman–Crippen MR) is 73.1 cm³/mol. The Bertz CT molecular complexity index is 699. The van der Waals surface area contributed by atoms with Gasteiger partial charge in [0.25, 0.3) is 0 Å². The molecule has 0 aliphatic rings. The van der Waals surface area contributed by atoms with E-state index in [0.717, 1.165) is 6.92 Å². The van der Waals surface area contributed by atoms with Crippen molar-refractivity contribution in [1.29, 1.82) is 5.26 Å². The van der Waals surface area contributed by atoms with Crippen molar-refractivity contribution >= 4 is 21.7 Å². The number of pyridine rings is 1. The number of nitrogen functional groups attached to an aromatic ring is 1. The molecule has 0 saturated carbocycles. The van der Waals surface area contributed by atoms with Crippen LogP contribution < -0.4 is 5.73 Å². The van der Waals surface area contributed by atoms with E-state index >= 15 is 0 Å². The van der Waals surface area contributed by atoms with Crippen LogP contribution in [-0.2, 0) is 0 Å². The van der Waals surface area contributed by atoms with Gasteiger partial charge in [-0.15, -0.1) is 0 Å². The van der Waals surface area contributed by atoms with Gasteiger partial charge in [0.05, 0.1) is 5.69 Å². The summed E-state index contributed by atoms with van der Waals surface area (Å²) in [5, 5.41) is 12.9. The van der Waals surface area contributed by atoms with Crippen molar-refractivity contribution in [3.63, 3.8) is 0 Å². The zero-order valence-electron chi connectivity index (χ0n) is 10.7. The molecule has 110 valence electrons. The van der Waals surface area contributed by atoms with Crippen LogP contribution in [0.3, 0.4) is 0 Å². The minimum Gasteiger partial charge on any atom is -0.383 e. The number of anilines is 1. The number of rotatable bonds is 2. The van der Waals surface area contributed by atoms with E-state index in [-0.39, 0.29) is 22.8 Å². The zero-order chi connectivity index (χ0) is 15.8. The van der Waals surface area contributed by atoms with Crippen LogP contribution in [0, 0.1) is 11.3 Å². The van der Waals surface area contributed by atoms with E-state index in [1.165, 1.54) is 12.3 Å². The number of alkyl halides is 3. The summed E-state index contributed by atoms with van der Waals surface area (Å²) in [7, 11) is 0. The summed E-state index contributed by atoms with van der Waals surface area (Å²) in [5.74, 6) is -0.331. The highest BCUT2D eigenvalue weighted by Crippen LogP contribution is 2.35. The lowest BCUT2D eigenvalue weighted by molar-refractivity contribution is -0.164. The summed E-state index contributed by atoms with van der Waals surface area (Å²) in [6.07, 6.45) is -3.06. The average Bonchev–Trinajstić information content (AvgIpc) is 2.74. The average molecular weight is 360 g/mol. The molecule has 1 unspecified atom stereocenters. The number of hydrogen-bond donors (Lipinski definition) is 1. The minimum atomic E-state index is -4.52. The first-order valence-corrected chi connectivity index (χ1v) is 6.51. The van der Waals surface area contributed by atoms with Gasteiger partial charge in [-0.1, -0.05) is 0 Å². The molecule has 0 amide bonds. The second kappa shape index (κ2) is 5.37. The Morgan fingerprint density at radius 1 is 1.43 bits per heavy atom. The largest absolute Gasteiger partial charge is 0.410 e. The third-order valence-electron chi connectivity index (χ3n) is 2.87. The Balaban J connectivity index is 2.59. The van der Waals surface area contributed by atoms with Gasteiger partial charge >= 0.3 is 6.18 Å². The lowest BCUT2D eigenvalue weighted by Gasteiger charge is -2.16. The van der Waals surface area contributed by atoms with Gasteiger partial charge in [0.15, 0.2) is 0 Å². The van der Waals surface area contributed by atoms with Crippen molar-refractivity contribution in [2.75, 3.05) is 5.73 Å². The predicted octanol–water partition coefficient (Wildman–Crippen LogP) is 3.28. The fourth-order valence-electron chi connectivity index (χ4n) is 1.69. The van der Waals surface area contributed by atoms with E-state index in [0.29, 0.717) is 9.15 Å². The minimum absolute atomic E-state index is 0.0265. The summed E-state index contributed by atoms with van der Waals surface area (Å²) in [4.78, 5) is 4.02. The molecule has 0 aliphatic heterocycles.